The molecular weight excluding hydrogens is 549 g/mol. The molecule has 0 radical (unpaired) electrons. The fraction of sp³-hybridized carbons (Fsp3) is 0.320. The van der Waals surface area contributed by atoms with E-state index in [4.69, 9.17) is 11.1 Å². The number of benzene rings is 2. The summed E-state index contributed by atoms with van der Waals surface area (Å²) in [6.45, 7) is 2.01. The second-order valence-electron chi connectivity index (χ2n) is 9.05. The van der Waals surface area contributed by atoms with E-state index >= 15 is 0 Å². The number of halogens is 3. The molecule has 2 aromatic carbocycles. The predicted molar refractivity (Wildman–Crippen MR) is 159 cm³/mol. The summed E-state index contributed by atoms with van der Waals surface area (Å²) in [5.74, 6) is 0.598. The second kappa shape index (κ2) is 12.9. The van der Waals surface area contributed by atoms with Gasteiger partial charge in [0.15, 0.2) is 5.96 Å². The molecule has 204 valence electrons. The van der Waals surface area contributed by atoms with Crippen LogP contribution in [0.2, 0.25) is 0 Å². The van der Waals surface area contributed by atoms with Crippen LogP contribution in [0.5, 0.6) is 0 Å². The molecule has 0 unspecified atom stereocenters. The molecule has 1 aliphatic carbocycles. The highest BCUT2D eigenvalue weighted by atomic mass is 35.5. The average Bonchev–Trinajstić information content (AvgIpc) is 3.15. The molecule has 10 nitrogen and oxygen atoms in total. The normalized spacial score (nSPS) is 16.5. The molecule has 2 aromatic heterocycles. The molecule has 0 saturated heterocycles. The molecule has 1 saturated carbocycles. The first-order valence-corrected chi connectivity index (χ1v) is 11.8. The van der Waals surface area contributed by atoms with Crippen molar-refractivity contribution in [3.05, 3.63) is 53.9 Å². The lowest BCUT2D eigenvalue weighted by Crippen LogP contribution is -2.50. The van der Waals surface area contributed by atoms with E-state index in [9.17, 15) is 4.79 Å². The van der Waals surface area contributed by atoms with Crippen molar-refractivity contribution in [2.45, 2.75) is 44.7 Å². The third kappa shape index (κ3) is 6.38. The Hall–Kier alpha value is -3.34. The standard InChI is InChI=1S/C25H29N9O.3ClH/c1-14-11-12-16-15(13-14)21(29-17-7-3-4-8-18(17)30-24(26)27)32-22(28-16)23(35)33-25-31-19-9-5-6-10-20(19)34(25)2;;;/h5-6,9-13,17-18H,3-4,7-8H2,1-2H3,(H4,26,27,30)(H,28,29,32)(H,31,33,35);3*1H/t17-,18+;;;/m0.../s1. The lowest BCUT2D eigenvalue weighted by Gasteiger charge is -2.33. The zero-order chi connectivity index (χ0) is 24.5. The van der Waals surface area contributed by atoms with Gasteiger partial charge in [-0.2, -0.15) is 0 Å². The molecule has 2 atom stereocenters. The van der Waals surface area contributed by atoms with Crippen LogP contribution < -0.4 is 21.7 Å². The number of anilines is 2. The van der Waals surface area contributed by atoms with Gasteiger partial charge in [0, 0.05) is 24.5 Å². The average molecular weight is 581 g/mol. The molecular formula is C25H32Cl3N9O. The Morgan fingerprint density at radius 3 is 2.42 bits per heavy atom. The Labute approximate surface area is 239 Å². The van der Waals surface area contributed by atoms with Crippen molar-refractivity contribution < 1.29 is 4.79 Å². The lowest BCUT2D eigenvalue weighted by atomic mass is 9.90. The SMILES string of the molecule is Cc1ccc2nc(C(=O)Nc3nc4ccccc4n3C)nc(N[C@H]3CCCC[C@H]3NC(=N)N)c2c1.Cl.Cl.Cl. The highest BCUT2D eigenvalue weighted by Crippen LogP contribution is 2.27. The molecule has 4 aromatic rings. The number of aryl methyl sites for hydroxylation is 2. The molecule has 13 heteroatoms. The van der Waals surface area contributed by atoms with Gasteiger partial charge >= 0.3 is 0 Å². The number of nitrogens with zero attached hydrogens (tertiary/aromatic N) is 4. The fourth-order valence-corrected chi connectivity index (χ4v) is 4.72. The number of fused-ring (bicyclic) bond motifs is 2. The van der Waals surface area contributed by atoms with Crippen molar-refractivity contribution in [3.8, 4) is 0 Å². The maximum Gasteiger partial charge on any atom is 0.295 e. The smallest absolute Gasteiger partial charge is 0.295 e. The molecule has 5 rings (SSSR count). The Balaban J connectivity index is 0.00000169. The van der Waals surface area contributed by atoms with E-state index in [-0.39, 0.29) is 61.1 Å². The summed E-state index contributed by atoms with van der Waals surface area (Å²) in [5.41, 5.74) is 9.09. The van der Waals surface area contributed by atoms with Crippen molar-refractivity contribution in [1.82, 2.24) is 24.8 Å². The summed E-state index contributed by atoms with van der Waals surface area (Å²) in [6.07, 6.45) is 3.94. The van der Waals surface area contributed by atoms with Crippen LogP contribution in [0.1, 0.15) is 41.9 Å². The highest BCUT2D eigenvalue weighted by Gasteiger charge is 2.27. The number of hydrogen-bond acceptors (Lipinski definition) is 6. The van der Waals surface area contributed by atoms with Gasteiger partial charge in [0.1, 0.15) is 5.82 Å². The monoisotopic (exact) mass is 579 g/mol. The van der Waals surface area contributed by atoms with E-state index in [1.54, 1.807) is 0 Å². The van der Waals surface area contributed by atoms with Crippen LogP contribution in [0, 0.1) is 12.3 Å². The minimum atomic E-state index is -0.434. The van der Waals surface area contributed by atoms with Gasteiger partial charge in [0.05, 0.1) is 16.6 Å². The Morgan fingerprint density at radius 1 is 1.00 bits per heavy atom. The van der Waals surface area contributed by atoms with Crippen molar-refractivity contribution >= 4 is 82.8 Å². The third-order valence-corrected chi connectivity index (χ3v) is 6.50. The van der Waals surface area contributed by atoms with Crippen molar-refractivity contribution in [1.29, 1.82) is 5.41 Å². The number of nitrogens with two attached hydrogens (primary N) is 1. The Kier molecular flexibility index (Phi) is 10.5. The van der Waals surface area contributed by atoms with Crippen LogP contribution >= 0.6 is 37.2 Å². The molecule has 0 spiro atoms. The molecule has 1 fully saturated rings. The van der Waals surface area contributed by atoms with Gasteiger partial charge < -0.3 is 20.9 Å². The number of para-hydroxylation sites is 2. The molecule has 38 heavy (non-hydrogen) atoms. The Morgan fingerprint density at radius 2 is 1.71 bits per heavy atom. The van der Waals surface area contributed by atoms with Crippen molar-refractivity contribution in [2.24, 2.45) is 12.8 Å². The summed E-state index contributed by atoms with van der Waals surface area (Å²) >= 11 is 0. The first kappa shape index (κ1) is 30.9. The van der Waals surface area contributed by atoms with Crippen LogP contribution in [0.25, 0.3) is 21.9 Å². The summed E-state index contributed by atoms with van der Waals surface area (Å²) in [4.78, 5) is 27.0. The van der Waals surface area contributed by atoms with Crippen LogP contribution in [0.4, 0.5) is 11.8 Å². The molecule has 2 heterocycles. The van der Waals surface area contributed by atoms with Crippen molar-refractivity contribution in [3.63, 3.8) is 0 Å². The number of hydrogen-bond donors (Lipinski definition) is 5. The summed E-state index contributed by atoms with van der Waals surface area (Å²) < 4.78 is 1.83. The Bertz CT molecular complexity index is 1440. The van der Waals surface area contributed by atoms with Gasteiger partial charge in [-0.25, -0.2) is 15.0 Å². The number of rotatable bonds is 5. The number of imidazole rings is 1. The van der Waals surface area contributed by atoms with Crippen LogP contribution in [0.15, 0.2) is 42.5 Å². The fourth-order valence-electron chi connectivity index (χ4n) is 4.72. The van der Waals surface area contributed by atoms with Gasteiger partial charge in [0.25, 0.3) is 5.91 Å². The highest BCUT2D eigenvalue weighted by molar-refractivity contribution is 6.03. The predicted octanol–water partition coefficient (Wildman–Crippen LogP) is 4.55. The maximum absolute atomic E-state index is 13.2. The van der Waals surface area contributed by atoms with E-state index < -0.39 is 5.91 Å². The van der Waals surface area contributed by atoms with Gasteiger partial charge in [0.2, 0.25) is 11.8 Å². The number of nitrogens with one attached hydrogen (secondary N) is 4. The van der Waals surface area contributed by atoms with Crippen LogP contribution in [-0.4, -0.2) is 43.5 Å². The van der Waals surface area contributed by atoms with Gasteiger partial charge in [-0.3, -0.25) is 15.5 Å². The van der Waals surface area contributed by atoms with E-state index in [0.29, 0.717) is 17.3 Å². The van der Waals surface area contributed by atoms with E-state index in [1.807, 2.05) is 61.0 Å². The topological polar surface area (TPSA) is 147 Å². The van der Waals surface area contributed by atoms with E-state index in [1.165, 1.54) is 0 Å². The number of carbonyl (C=O) groups is 1. The summed E-state index contributed by atoms with van der Waals surface area (Å²) in [5, 5.41) is 18.0. The summed E-state index contributed by atoms with van der Waals surface area (Å²) in [6, 6.07) is 13.6. The van der Waals surface area contributed by atoms with E-state index in [2.05, 4.69) is 30.9 Å². The largest absolute Gasteiger partial charge is 0.370 e. The molecule has 1 amide bonds. The van der Waals surface area contributed by atoms with Gasteiger partial charge in [-0.15, -0.1) is 37.2 Å². The lowest BCUT2D eigenvalue weighted by molar-refractivity contribution is 0.101. The number of carbonyl (C=O) groups excluding carboxylic acids is 1. The number of amides is 1. The molecule has 6 N–H and O–H groups in total. The van der Waals surface area contributed by atoms with Gasteiger partial charge in [-0.1, -0.05) is 36.6 Å². The zero-order valence-corrected chi connectivity index (χ0v) is 23.5. The third-order valence-electron chi connectivity index (χ3n) is 6.50. The summed E-state index contributed by atoms with van der Waals surface area (Å²) in [7, 11) is 1.85. The zero-order valence-electron chi connectivity index (χ0n) is 21.0. The molecule has 0 aliphatic heterocycles. The van der Waals surface area contributed by atoms with E-state index in [0.717, 1.165) is 47.7 Å². The minimum Gasteiger partial charge on any atom is -0.370 e. The first-order valence-electron chi connectivity index (χ1n) is 11.8. The number of aromatic nitrogens is 4. The molecule has 1 aliphatic rings. The van der Waals surface area contributed by atoms with Crippen LogP contribution in [0.3, 0.4) is 0 Å². The maximum atomic E-state index is 13.2. The van der Waals surface area contributed by atoms with Crippen LogP contribution in [-0.2, 0) is 7.05 Å². The van der Waals surface area contributed by atoms with Crippen molar-refractivity contribution in [2.75, 3.05) is 10.6 Å². The second-order valence-corrected chi connectivity index (χ2v) is 9.05. The quantitative estimate of drug-likeness (QED) is 0.172. The number of guanidine groups is 1. The first-order chi connectivity index (χ1) is 16.9. The minimum absolute atomic E-state index is 0. The molecule has 0 bridgehead atoms. The van der Waals surface area contributed by atoms with Gasteiger partial charge in [-0.05, 0) is 44.0 Å².